The van der Waals surface area contributed by atoms with E-state index in [1.807, 2.05) is 121 Å². The van der Waals surface area contributed by atoms with E-state index in [0.717, 1.165) is 54.7 Å². The van der Waals surface area contributed by atoms with Crippen molar-refractivity contribution in [3.63, 3.8) is 0 Å². The largest absolute Gasteiger partial charge is 0.309 e. The highest BCUT2D eigenvalue weighted by molar-refractivity contribution is 6.13. The Morgan fingerprint density at radius 2 is 0.850 bits per heavy atom. The van der Waals surface area contributed by atoms with Gasteiger partial charge in [-0.3, -0.25) is 0 Å². The third-order valence-electron chi connectivity index (χ3n) is 10.7. The van der Waals surface area contributed by atoms with Crippen LogP contribution in [-0.2, 0) is 0 Å². The van der Waals surface area contributed by atoms with Gasteiger partial charge in [-0.2, -0.15) is 15.8 Å². The molecule has 3 aromatic heterocycles. The molecule has 0 spiro atoms. The van der Waals surface area contributed by atoms with E-state index in [1.54, 1.807) is 24.3 Å². The third kappa shape index (κ3) is 5.57. The summed E-state index contributed by atoms with van der Waals surface area (Å²) in [5.74, 6) is 1.18. The maximum absolute atomic E-state index is 9.97. The van der Waals surface area contributed by atoms with Crippen LogP contribution in [0.4, 0.5) is 11.4 Å². The van der Waals surface area contributed by atoms with E-state index in [9.17, 15) is 15.8 Å². The van der Waals surface area contributed by atoms with Gasteiger partial charge in [0, 0.05) is 32.8 Å². The van der Waals surface area contributed by atoms with Crippen LogP contribution < -0.4 is 0 Å². The van der Waals surface area contributed by atoms with Crippen molar-refractivity contribution in [2.45, 2.75) is 0 Å². The second kappa shape index (κ2) is 14.0. The van der Waals surface area contributed by atoms with Crippen molar-refractivity contribution in [3.05, 3.63) is 185 Å². The molecule has 10 nitrogen and oxygen atoms in total. The Morgan fingerprint density at radius 1 is 0.433 bits per heavy atom. The molecule has 0 amide bonds. The highest BCUT2D eigenvalue weighted by atomic mass is 15.1. The lowest BCUT2D eigenvalue weighted by atomic mass is 10.1. The number of aromatic nitrogens is 5. The number of hydrogen-bond acceptors (Lipinski definition) is 6. The summed E-state index contributed by atoms with van der Waals surface area (Å²) in [6.45, 7) is 16.4. The first-order valence-corrected chi connectivity index (χ1v) is 18.7. The molecule has 0 unspecified atom stereocenters. The van der Waals surface area contributed by atoms with Gasteiger partial charge < -0.3 is 9.13 Å². The molecule has 0 radical (unpaired) electrons. The van der Waals surface area contributed by atoms with E-state index in [2.05, 4.69) is 37.0 Å². The van der Waals surface area contributed by atoms with Crippen LogP contribution in [0.5, 0.6) is 0 Å². The molecule has 0 fully saturated rings. The van der Waals surface area contributed by atoms with Gasteiger partial charge >= 0.3 is 0 Å². The van der Waals surface area contributed by atoms with E-state index in [4.69, 9.17) is 28.1 Å². The lowest BCUT2D eigenvalue weighted by molar-refractivity contribution is 1.07. The molecule has 0 aliphatic rings. The van der Waals surface area contributed by atoms with Gasteiger partial charge in [-0.05, 0) is 84.2 Å². The smallest absolute Gasteiger partial charge is 0.200 e. The van der Waals surface area contributed by atoms with Gasteiger partial charge in [0.1, 0.15) is 0 Å². The Morgan fingerprint density at radius 3 is 1.28 bits per heavy atom. The molecule has 0 N–H and O–H groups in total. The summed E-state index contributed by atoms with van der Waals surface area (Å²) in [5.41, 5.74) is 8.45. The van der Waals surface area contributed by atoms with Crippen molar-refractivity contribution < 1.29 is 0 Å². The first-order valence-electron chi connectivity index (χ1n) is 18.7. The Hall–Kier alpha value is -9.40. The van der Waals surface area contributed by atoms with E-state index in [-0.39, 0.29) is 5.69 Å². The van der Waals surface area contributed by atoms with Crippen molar-refractivity contribution in [3.8, 4) is 63.7 Å². The fourth-order valence-electron chi connectivity index (χ4n) is 7.96. The molecule has 0 aliphatic carbocycles. The fourth-order valence-corrected chi connectivity index (χ4v) is 7.96. The highest BCUT2D eigenvalue weighted by Gasteiger charge is 2.25. The van der Waals surface area contributed by atoms with Crippen molar-refractivity contribution in [2.24, 2.45) is 0 Å². The quantitative estimate of drug-likeness (QED) is 0.160. The van der Waals surface area contributed by atoms with Gasteiger partial charge in [-0.1, -0.05) is 66.7 Å². The molecule has 10 rings (SSSR count). The molecule has 7 aromatic carbocycles. The number of nitrogens with zero attached hydrogens (tertiary/aromatic N) is 10. The molecule has 10 heteroatoms. The van der Waals surface area contributed by atoms with Gasteiger partial charge in [0.15, 0.2) is 28.8 Å². The van der Waals surface area contributed by atoms with E-state index < -0.39 is 0 Å². The number of benzene rings is 7. The summed E-state index contributed by atoms with van der Waals surface area (Å²) < 4.78 is 4.13. The van der Waals surface area contributed by atoms with Crippen molar-refractivity contribution in [1.82, 2.24) is 24.1 Å². The van der Waals surface area contributed by atoms with E-state index in [1.165, 1.54) is 0 Å². The van der Waals surface area contributed by atoms with Crippen LogP contribution >= 0.6 is 0 Å². The van der Waals surface area contributed by atoms with Gasteiger partial charge in [0.2, 0.25) is 0 Å². The molecule has 0 bridgehead atoms. The molecule has 3 heterocycles. The summed E-state index contributed by atoms with van der Waals surface area (Å²) >= 11 is 0. The Labute approximate surface area is 342 Å². The van der Waals surface area contributed by atoms with Crippen LogP contribution in [0.3, 0.4) is 0 Å². The summed E-state index contributed by atoms with van der Waals surface area (Å²) in [7, 11) is 0. The molecule has 60 heavy (non-hydrogen) atoms. The SMILES string of the molecule is [C-]#[N+]c1ccc2c(c1)c1cc(C#N)ccc1n2-c1cc([N+]#[C-])c(-c2nc(-c3ccccc3)nc(-c3ccccc3)n2)cc1-n1c2ccc(C#N)cc2c2cc(C#N)ccc21. The average molecular weight is 765 g/mol. The zero-order valence-corrected chi connectivity index (χ0v) is 31.3. The maximum atomic E-state index is 9.97. The Balaban J connectivity index is 1.37. The molecule has 0 aliphatic heterocycles. The topological polar surface area (TPSA) is 129 Å². The van der Waals surface area contributed by atoms with Crippen LogP contribution in [0.15, 0.2) is 146 Å². The van der Waals surface area contributed by atoms with Crippen molar-refractivity contribution >= 4 is 55.0 Å². The molecule has 0 saturated heterocycles. The Kier molecular flexibility index (Phi) is 8.16. The summed E-state index contributed by atoms with van der Waals surface area (Å²) in [5, 5.41) is 32.9. The molecule has 0 saturated carbocycles. The first-order chi connectivity index (χ1) is 29.5. The standard InChI is InChI=1S/C50H24N10/c1-54-35-16-20-45-39(24-35)38-23-32(29-53)15-19-44(38)60(45)47-26-41(55-2)40(50-57-48(33-9-5-3-6-10-33)56-49(58-50)34-11-7-4-8-12-34)25-46(47)59-42-17-13-30(27-51)21-36(42)37-22-31(28-52)14-18-43(37)59/h3-26H. The van der Waals surface area contributed by atoms with Gasteiger partial charge in [0.25, 0.3) is 0 Å². The Bertz CT molecular complexity index is 3460. The molecular weight excluding hydrogens is 741 g/mol. The second-order valence-corrected chi connectivity index (χ2v) is 14.0. The van der Waals surface area contributed by atoms with Gasteiger partial charge in [-0.15, -0.1) is 0 Å². The maximum Gasteiger partial charge on any atom is 0.200 e. The average Bonchev–Trinajstić information content (AvgIpc) is 3.82. The summed E-state index contributed by atoms with van der Waals surface area (Å²) in [6, 6.07) is 51.7. The molecule has 10 aromatic rings. The van der Waals surface area contributed by atoms with Crippen LogP contribution in [0.2, 0.25) is 0 Å². The highest BCUT2D eigenvalue weighted by Crippen LogP contribution is 2.44. The predicted octanol–water partition coefficient (Wildman–Crippen LogP) is 11.8. The third-order valence-corrected chi connectivity index (χ3v) is 10.7. The van der Waals surface area contributed by atoms with Gasteiger partial charge in [0.05, 0.1) is 81.5 Å². The van der Waals surface area contributed by atoms with Crippen LogP contribution in [-0.4, -0.2) is 24.1 Å². The van der Waals surface area contributed by atoms with E-state index >= 15 is 0 Å². The minimum absolute atomic E-state index is 0.277. The number of rotatable bonds is 5. The monoisotopic (exact) mass is 764 g/mol. The van der Waals surface area contributed by atoms with Crippen molar-refractivity contribution in [1.29, 1.82) is 15.8 Å². The fraction of sp³-hybridized carbons (Fsp3) is 0. The lowest BCUT2D eigenvalue weighted by Gasteiger charge is -2.19. The molecular formula is C50H24N10. The number of fused-ring (bicyclic) bond motifs is 6. The van der Waals surface area contributed by atoms with Crippen LogP contribution in [0, 0.1) is 47.1 Å². The van der Waals surface area contributed by atoms with Crippen LogP contribution in [0.1, 0.15) is 16.7 Å². The van der Waals surface area contributed by atoms with Gasteiger partial charge in [-0.25, -0.2) is 24.6 Å². The second-order valence-electron chi connectivity index (χ2n) is 14.0. The molecule has 0 atom stereocenters. The normalized spacial score (nSPS) is 10.9. The van der Waals surface area contributed by atoms with Crippen LogP contribution in [0.25, 0.3) is 98.8 Å². The van der Waals surface area contributed by atoms with E-state index in [0.29, 0.717) is 56.8 Å². The summed E-state index contributed by atoms with van der Waals surface area (Å²) in [6.07, 6.45) is 0. The van der Waals surface area contributed by atoms with Crippen molar-refractivity contribution in [2.75, 3.05) is 0 Å². The number of hydrogen-bond donors (Lipinski definition) is 0. The number of nitriles is 3. The lowest BCUT2D eigenvalue weighted by Crippen LogP contribution is -2.06. The zero-order valence-electron chi connectivity index (χ0n) is 31.3. The minimum atomic E-state index is 0.277. The summed E-state index contributed by atoms with van der Waals surface area (Å²) in [4.78, 5) is 22.7. The predicted molar refractivity (Wildman–Crippen MR) is 231 cm³/mol. The zero-order chi connectivity index (χ0) is 40.9. The minimum Gasteiger partial charge on any atom is -0.309 e. The first kappa shape index (κ1) is 35.0. The molecule has 274 valence electrons.